The van der Waals surface area contributed by atoms with Crippen LogP contribution in [0.15, 0.2) is 33.6 Å². The number of benzene rings is 1. The van der Waals surface area contributed by atoms with Gasteiger partial charge in [-0.25, -0.2) is 8.42 Å². The molecule has 2 aliphatic carbocycles. The van der Waals surface area contributed by atoms with E-state index in [9.17, 15) is 13.5 Å². The zero-order chi connectivity index (χ0) is 14.1. The fourth-order valence-electron chi connectivity index (χ4n) is 4.38. The van der Waals surface area contributed by atoms with E-state index in [1.165, 1.54) is 0 Å². The molecule has 0 aromatic heterocycles. The van der Waals surface area contributed by atoms with E-state index >= 15 is 0 Å². The van der Waals surface area contributed by atoms with E-state index in [4.69, 9.17) is 0 Å². The second kappa shape index (κ2) is 4.29. The maximum atomic E-state index is 12.8. The van der Waals surface area contributed by atoms with Gasteiger partial charge in [-0.05, 0) is 54.9 Å². The maximum Gasteiger partial charge on any atom is 0.243 e. The van der Waals surface area contributed by atoms with Gasteiger partial charge in [-0.2, -0.15) is 4.31 Å². The predicted molar refractivity (Wildman–Crippen MR) is 77.5 cm³/mol. The molecular weight excluding hydrogens is 342 g/mol. The van der Waals surface area contributed by atoms with Gasteiger partial charge in [0.25, 0.3) is 0 Å². The van der Waals surface area contributed by atoms with Gasteiger partial charge in [0.1, 0.15) is 0 Å². The van der Waals surface area contributed by atoms with Gasteiger partial charge in [-0.15, -0.1) is 0 Å². The highest BCUT2D eigenvalue weighted by molar-refractivity contribution is 9.10. The maximum absolute atomic E-state index is 12.8. The fourth-order valence-corrected chi connectivity index (χ4v) is 6.38. The van der Waals surface area contributed by atoms with E-state index in [0.717, 1.165) is 17.3 Å². The summed E-state index contributed by atoms with van der Waals surface area (Å²) in [6.07, 6.45) is 1.49. The highest BCUT2D eigenvalue weighted by Gasteiger charge is 2.61. The molecule has 1 aromatic carbocycles. The molecule has 4 rings (SSSR count). The van der Waals surface area contributed by atoms with Crippen LogP contribution in [0.5, 0.6) is 0 Å². The average Bonchev–Trinajstić information content (AvgIpc) is 3.00. The van der Waals surface area contributed by atoms with Crippen molar-refractivity contribution in [2.45, 2.75) is 29.9 Å². The topological polar surface area (TPSA) is 57.6 Å². The number of sulfonamides is 1. The number of nitrogens with zero attached hydrogens (tertiary/aromatic N) is 1. The van der Waals surface area contributed by atoms with Crippen molar-refractivity contribution in [1.29, 1.82) is 0 Å². The third-order valence-electron chi connectivity index (χ3n) is 5.22. The van der Waals surface area contributed by atoms with Gasteiger partial charge >= 0.3 is 0 Å². The molecule has 2 saturated carbocycles. The average molecular weight is 358 g/mol. The largest absolute Gasteiger partial charge is 0.391 e. The first-order valence-electron chi connectivity index (χ1n) is 6.94. The molecule has 1 N–H and O–H groups in total. The molecule has 5 atom stereocenters. The van der Waals surface area contributed by atoms with E-state index in [-0.39, 0.29) is 6.04 Å². The van der Waals surface area contributed by atoms with Crippen molar-refractivity contribution in [2.75, 3.05) is 6.54 Å². The third kappa shape index (κ3) is 1.68. The molecule has 1 aromatic rings. The lowest BCUT2D eigenvalue weighted by molar-refractivity contribution is 0.0731. The summed E-state index contributed by atoms with van der Waals surface area (Å²) >= 11 is 3.32. The fraction of sp³-hybridized carbons (Fsp3) is 0.571. The summed E-state index contributed by atoms with van der Waals surface area (Å²) < 4.78 is 28.0. The van der Waals surface area contributed by atoms with E-state index in [1.54, 1.807) is 28.6 Å². The summed E-state index contributed by atoms with van der Waals surface area (Å²) in [5.41, 5.74) is 0. The van der Waals surface area contributed by atoms with Crippen LogP contribution < -0.4 is 0 Å². The van der Waals surface area contributed by atoms with E-state index in [1.807, 2.05) is 0 Å². The lowest BCUT2D eigenvalue weighted by Gasteiger charge is -2.28. The number of hydrogen-bond acceptors (Lipinski definition) is 3. The number of aliphatic hydroxyl groups excluding tert-OH is 1. The quantitative estimate of drug-likeness (QED) is 0.878. The summed E-state index contributed by atoms with van der Waals surface area (Å²) in [5.74, 6) is 1.11. The zero-order valence-corrected chi connectivity index (χ0v) is 13.2. The van der Waals surface area contributed by atoms with Crippen molar-refractivity contribution < 1.29 is 13.5 Å². The molecule has 0 radical (unpaired) electrons. The van der Waals surface area contributed by atoms with Crippen LogP contribution in [-0.2, 0) is 10.0 Å². The Balaban J connectivity index is 1.72. The molecule has 1 heterocycles. The summed E-state index contributed by atoms with van der Waals surface area (Å²) in [6.45, 7) is 0.571. The van der Waals surface area contributed by atoms with Crippen LogP contribution in [0.3, 0.4) is 0 Å². The molecule has 2 bridgehead atoms. The number of halogens is 1. The molecule has 4 nitrogen and oxygen atoms in total. The molecule has 3 fully saturated rings. The van der Waals surface area contributed by atoms with E-state index < -0.39 is 16.1 Å². The lowest BCUT2D eigenvalue weighted by atomic mass is 9.88. The summed E-state index contributed by atoms with van der Waals surface area (Å²) in [6, 6.07) is 6.53. The SMILES string of the molecule is O=S(=O)(c1ccc(Br)cc1)N1C[C@@H]2C[C@H]3C[C@H]2[C@@H]1[C@H]3O. The van der Waals surface area contributed by atoms with Crippen molar-refractivity contribution in [2.24, 2.45) is 17.8 Å². The number of aliphatic hydroxyl groups is 1. The van der Waals surface area contributed by atoms with Crippen molar-refractivity contribution in [3.8, 4) is 0 Å². The van der Waals surface area contributed by atoms with Crippen molar-refractivity contribution >= 4 is 26.0 Å². The highest BCUT2D eigenvalue weighted by atomic mass is 79.9. The second-order valence-electron chi connectivity index (χ2n) is 6.17. The Morgan fingerprint density at radius 1 is 1.15 bits per heavy atom. The Hall–Kier alpha value is -0.430. The second-order valence-corrected chi connectivity index (χ2v) is 8.97. The van der Waals surface area contributed by atoms with Gasteiger partial charge < -0.3 is 5.11 Å². The molecule has 20 heavy (non-hydrogen) atoms. The van der Waals surface area contributed by atoms with Gasteiger partial charge in [0, 0.05) is 11.0 Å². The van der Waals surface area contributed by atoms with Crippen LogP contribution in [0.25, 0.3) is 0 Å². The Labute approximate surface area is 127 Å². The standard InChI is InChI=1S/C14H16BrNO3S/c15-10-1-3-11(4-2-10)20(18,19)16-7-9-5-8-6-12(9)13(16)14(8)17/h1-4,8-9,12-14,17H,5-7H2/t8-,9-,12+,13+,14-/m0/s1. The molecular formula is C14H16BrNO3S. The van der Waals surface area contributed by atoms with Crippen LogP contribution in [0, 0.1) is 17.8 Å². The Bertz CT molecular complexity index is 643. The minimum absolute atomic E-state index is 0.201. The zero-order valence-electron chi connectivity index (χ0n) is 10.8. The van der Waals surface area contributed by atoms with Crippen LogP contribution in [0.2, 0.25) is 0 Å². The first-order valence-corrected chi connectivity index (χ1v) is 9.17. The van der Waals surface area contributed by atoms with Gasteiger partial charge in [0.05, 0.1) is 17.0 Å². The molecule has 1 aliphatic heterocycles. The van der Waals surface area contributed by atoms with E-state index in [2.05, 4.69) is 15.9 Å². The Kier molecular flexibility index (Phi) is 2.84. The summed E-state index contributed by atoms with van der Waals surface area (Å²) in [5, 5.41) is 10.3. The lowest BCUT2D eigenvalue weighted by Crippen LogP contribution is -2.43. The first kappa shape index (κ1) is 13.2. The highest BCUT2D eigenvalue weighted by Crippen LogP contribution is 2.56. The third-order valence-corrected chi connectivity index (χ3v) is 7.63. The monoisotopic (exact) mass is 357 g/mol. The number of fused-ring (bicyclic) bond motifs is 1. The minimum Gasteiger partial charge on any atom is -0.391 e. The van der Waals surface area contributed by atoms with Gasteiger partial charge in [0.15, 0.2) is 0 Å². The van der Waals surface area contributed by atoms with Crippen LogP contribution in [-0.4, -0.2) is 36.5 Å². The molecule has 1 saturated heterocycles. The Morgan fingerprint density at radius 2 is 1.85 bits per heavy atom. The Morgan fingerprint density at radius 3 is 2.50 bits per heavy atom. The van der Waals surface area contributed by atoms with Crippen molar-refractivity contribution in [3.05, 3.63) is 28.7 Å². The number of hydrogen-bond donors (Lipinski definition) is 1. The van der Waals surface area contributed by atoms with Crippen LogP contribution >= 0.6 is 15.9 Å². The minimum atomic E-state index is -3.50. The molecule has 0 unspecified atom stereocenters. The molecule has 108 valence electrons. The van der Waals surface area contributed by atoms with Gasteiger partial charge in [0.2, 0.25) is 10.0 Å². The van der Waals surface area contributed by atoms with Crippen molar-refractivity contribution in [1.82, 2.24) is 4.31 Å². The first-order chi connectivity index (χ1) is 9.48. The number of rotatable bonds is 2. The predicted octanol–water partition coefficient (Wildman–Crippen LogP) is 1.84. The summed E-state index contributed by atoms with van der Waals surface area (Å²) in [7, 11) is -3.50. The smallest absolute Gasteiger partial charge is 0.243 e. The van der Waals surface area contributed by atoms with Gasteiger partial charge in [-0.3, -0.25) is 0 Å². The van der Waals surface area contributed by atoms with Gasteiger partial charge in [-0.1, -0.05) is 15.9 Å². The summed E-state index contributed by atoms with van der Waals surface area (Å²) in [4.78, 5) is 0.317. The van der Waals surface area contributed by atoms with Crippen LogP contribution in [0.1, 0.15) is 12.8 Å². The molecule has 6 heteroatoms. The normalized spacial score (nSPS) is 39.6. The molecule has 3 aliphatic rings. The molecule has 0 spiro atoms. The van der Waals surface area contributed by atoms with Crippen LogP contribution in [0.4, 0.5) is 0 Å². The molecule has 0 amide bonds. The van der Waals surface area contributed by atoms with E-state index in [0.29, 0.717) is 29.2 Å². The van der Waals surface area contributed by atoms with Crippen molar-refractivity contribution in [3.63, 3.8) is 0 Å².